The summed E-state index contributed by atoms with van der Waals surface area (Å²) in [6, 6.07) is 0.690. The molecule has 0 amide bonds. The van der Waals surface area contributed by atoms with Crippen molar-refractivity contribution in [1.82, 2.24) is 15.1 Å². The molecule has 0 radical (unpaired) electrons. The average Bonchev–Trinajstić information content (AvgIpc) is 2.92. The average molecular weight is 269 g/mol. The van der Waals surface area contributed by atoms with E-state index in [4.69, 9.17) is 0 Å². The topological polar surface area (TPSA) is 18.5 Å². The summed E-state index contributed by atoms with van der Waals surface area (Å²) in [6.45, 7) is 12.1. The number of likely N-dealkylation sites (N-methyl/N-ethyl adjacent to an activating group) is 1. The first kappa shape index (κ1) is 16.9. The monoisotopic (exact) mass is 269 g/mol. The van der Waals surface area contributed by atoms with E-state index in [-0.39, 0.29) is 0 Å². The molecular formula is C16H35N3. The van der Waals surface area contributed by atoms with Crippen LogP contribution in [0.4, 0.5) is 0 Å². The number of likely N-dealkylation sites (tertiary alicyclic amines) is 1. The molecule has 3 heteroatoms. The van der Waals surface area contributed by atoms with E-state index in [1.54, 1.807) is 0 Å². The molecule has 0 spiro atoms. The van der Waals surface area contributed by atoms with Gasteiger partial charge >= 0.3 is 0 Å². The molecule has 1 heterocycles. The molecule has 0 aromatic rings. The lowest BCUT2D eigenvalue weighted by molar-refractivity contribution is 0.253. The van der Waals surface area contributed by atoms with Gasteiger partial charge in [-0.2, -0.15) is 0 Å². The van der Waals surface area contributed by atoms with Gasteiger partial charge in [0.25, 0.3) is 0 Å². The van der Waals surface area contributed by atoms with Crippen LogP contribution in [0.5, 0.6) is 0 Å². The molecule has 0 aliphatic carbocycles. The second-order valence-electron chi connectivity index (χ2n) is 6.20. The minimum absolute atomic E-state index is 0.690. The van der Waals surface area contributed by atoms with Crippen molar-refractivity contribution in [2.45, 2.75) is 58.4 Å². The van der Waals surface area contributed by atoms with Crippen molar-refractivity contribution in [3.05, 3.63) is 0 Å². The highest BCUT2D eigenvalue weighted by Gasteiger charge is 2.11. The Morgan fingerprint density at radius 1 is 1.16 bits per heavy atom. The molecule has 1 aliphatic rings. The van der Waals surface area contributed by atoms with Crippen molar-refractivity contribution in [3.63, 3.8) is 0 Å². The summed E-state index contributed by atoms with van der Waals surface area (Å²) in [4.78, 5) is 5.11. The zero-order chi connectivity index (χ0) is 13.9. The Labute approximate surface area is 120 Å². The van der Waals surface area contributed by atoms with E-state index < -0.39 is 0 Å². The van der Waals surface area contributed by atoms with Crippen LogP contribution in [0.2, 0.25) is 0 Å². The fourth-order valence-corrected chi connectivity index (χ4v) is 2.76. The molecule has 114 valence electrons. The Balaban J connectivity index is 1.90. The van der Waals surface area contributed by atoms with Gasteiger partial charge in [0.2, 0.25) is 0 Å². The predicted octanol–water partition coefficient (Wildman–Crippen LogP) is 2.57. The minimum atomic E-state index is 0.690. The molecule has 0 bridgehead atoms. The second-order valence-corrected chi connectivity index (χ2v) is 6.20. The van der Waals surface area contributed by atoms with E-state index in [0.29, 0.717) is 6.04 Å². The standard InChI is InChI=1S/C16H35N3/c1-4-10-17-16(2)9-5-6-11-18(3)14-15-19-12-7-8-13-19/h16-17H,4-15H2,1-3H3. The summed E-state index contributed by atoms with van der Waals surface area (Å²) >= 11 is 0. The molecule has 1 fully saturated rings. The third-order valence-corrected chi connectivity index (χ3v) is 4.17. The lowest BCUT2D eigenvalue weighted by atomic mass is 10.1. The largest absolute Gasteiger partial charge is 0.314 e. The highest BCUT2D eigenvalue weighted by molar-refractivity contribution is 4.67. The van der Waals surface area contributed by atoms with Crippen LogP contribution in [0.25, 0.3) is 0 Å². The summed E-state index contributed by atoms with van der Waals surface area (Å²) in [5.74, 6) is 0. The molecule has 0 aromatic heterocycles. The number of unbranched alkanes of at least 4 members (excludes halogenated alkanes) is 1. The maximum absolute atomic E-state index is 3.56. The molecular weight excluding hydrogens is 234 g/mol. The zero-order valence-electron chi connectivity index (χ0n) is 13.5. The Bertz CT molecular complexity index is 202. The fraction of sp³-hybridized carbons (Fsp3) is 1.00. The SMILES string of the molecule is CCCNC(C)CCCCN(C)CCN1CCCC1. The highest BCUT2D eigenvalue weighted by atomic mass is 15.2. The molecule has 1 unspecified atom stereocenters. The smallest absolute Gasteiger partial charge is 0.0109 e. The summed E-state index contributed by atoms with van der Waals surface area (Å²) in [6.07, 6.45) is 8.07. The van der Waals surface area contributed by atoms with Crippen molar-refractivity contribution in [3.8, 4) is 0 Å². The Morgan fingerprint density at radius 2 is 1.89 bits per heavy atom. The quantitative estimate of drug-likeness (QED) is 0.582. The van der Waals surface area contributed by atoms with E-state index in [9.17, 15) is 0 Å². The molecule has 1 rings (SSSR count). The number of hydrogen-bond donors (Lipinski definition) is 1. The van der Waals surface area contributed by atoms with Gasteiger partial charge in [-0.3, -0.25) is 0 Å². The number of nitrogens with zero attached hydrogens (tertiary/aromatic N) is 2. The van der Waals surface area contributed by atoms with Crippen LogP contribution in [-0.2, 0) is 0 Å². The normalized spacial score (nSPS) is 18.3. The van der Waals surface area contributed by atoms with Crippen LogP contribution in [0.15, 0.2) is 0 Å². The zero-order valence-corrected chi connectivity index (χ0v) is 13.5. The van der Waals surface area contributed by atoms with Crippen LogP contribution >= 0.6 is 0 Å². The van der Waals surface area contributed by atoms with Crippen LogP contribution in [0, 0.1) is 0 Å². The van der Waals surface area contributed by atoms with Crippen molar-refractivity contribution >= 4 is 0 Å². The van der Waals surface area contributed by atoms with E-state index in [0.717, 1.165) is 6.54 Å². The van der Waals surface area contributed by atoms with Crippen LogP contribution in [-0.4, -0.2) is 62.2 Å². The molecule has 1 aliphatic heterocycles. The van der Waals surface area contributed by atoms with Crippen LogP contribution in [0.1, 0.15) is 52.4 Å². The molecule has 19 heavy (non-hydrogen) atoms. The van der Waals surface area contributed by atoms with E-state index in [2.05, 4.69) is 36.0 Å². The Kier molecular flexibility index (Phi) is 9.48. The minimum Gasteiger partial charge on any atom is -0.314 e. The molecule has 1 saturated heterocycles. The second kappa shape index (κ2) is 10.6. The van der Waals surface area contributed by atoms with Gasteiger partial charge < -0.3 is 15.1 Å². The predicted molar refractivity (Wildman–Crippen MR) is 84.8 cm³/mol. The lowest BCUT2D eigenvalue weighted by Crippen LogP contribution is -2.32. The molecule has 0 saturated carbocycles. The van der Waals surface area contributed by atoms with E-state index >= 15 is 0 Å². The van der Waals surface area contributed by atoms with Gasteiger partial charge in [0, 0.05) is 19.1 Å². The van der Waals surface area contributed by atoms with Crippen molar-refractivity contribution in [2.75, 3.05) is 46.3 Å². The van der Waals surface area contributed by atoms with Crippen molar-refractivity contribution in [2.24, 2.45) is 0 Å². The first-order valence-electron chi connectivity index (χ1n) is 8.36. The van der Waals surface area contributed by atoms with Gasteiger partial charge in [0.05, 0.1) is 0 Å². The summed E-state index contributed by atoms with van der Waals surface area (Å²) < 4.78 is 0. The third kappa shape index (κ3) is 8.61. The van der Waals surface area contributed by atoms with Gasteiger partial charge in [-0.05, 0) is 72.3 Å². The summed E-state index contributed by atoms with van der Waals surface area (Å²) in [7, 11) is 2.27. The molecule has 3 nitrogen and oxygen atoms in total. The highest BCUT2D eigenvalue weighted by Crippen LogP contribution is 2.07. The first-order chi connectivity index (χ1) is 9.22. The van der Waals surface area contributed by atoms with Gasteiger partial charge in [-0.15, -0.1) is 0 Å². The molecule has 0 aromatic carbocycles. The third-order valence-electron chi connectivity index (χ3n) is 4.17. The lowest BCUT2D eigenvalue weighted by Gasteiger charge is -2.21. The fourth-order valence-electron chi connectivity index (χ4n) is 2.76. The Morgan fingerprint density at radius 3 is 2.58 bits per heavy atom. The number of hydrogen-bond acceptors (Lipinski definition) is 3. The maximum atomic E-state index is 3.56. The first-order valence-corrected chi connectivity index (χ1v) is 8.36. The van der Waals surface area contributed by atoms with Gasteiger partial charge in [0.1, 0.15) is 0 Å². The molecule has 1 N–H and O–H groups in total. The Hall–Kier alpha value is -0.120. The van der Waals surface area contributed by atoms with Crippen molar-refractivity contribution < 1.29 is 0 Å². The van der Waals surface area contributed by atoms with E-state index in [1.165, 1.54) is 71.2 Å². The van der Waals surface area contributed by atoms with Gasteiger partial charge in [-0.25, -0.2) is 0 Å². The number of nitrogens with one attached hydrogen (secondary N) is 1. The summed E-state index contributed by atoms with van der Waals surface area (Å²) in [5, 5.41) is 3.56. The van der Waals surface area contributed by atoms with Gasteiger partial charge in [0.15, 0.2) is 0 Å². The van der Waals surface area contributed by atoms with Crippen molar-refractivity contribution in [1.29, 1.82) is 0 Å². The summed E-state index contributed by atoms with van der Waals surface area (Å²) in [5.41, 5.74) is 0. The van der Waals surface area contributed by atoms with Crippen LogP contribution < -0.4 is 5.32 Å². The van der Waals surface area contributed by atoms with Gasteiger partial charge in [-0.1, -0.05) is 13.3 Å². The molecule has 1 atom stereocenters. The van der Waals surface area contributed by atoms with Crippen LogP contribution in [0.3, 0.4) is 0 Å². The van der Waals surface area contributed by atoms with E-state index in [1.807, 2.05) is 0 Å². The number of rotatable bonds is 11. The maximum Gasteiger partial charge on any atom is 0.0109 e.